The Hall–Kier alpha value is -1.25. The van der Waals surface area contributed by atoms with Crippen LogP contribution >= 0.6 is 11.6 Å². The summed E-state index contributed by atoms with van der Waals surface area (Å²) in [6, 6.07) is 14.6. The van der Waals surface area contributed by atoms with Gasteiger partial charge in [-0.25, -0.2) is 0 Å². The summed E-state index contributed by atoms with van der Waals surface area (Å²) in [6.07, 6.45) is 2.31. The van der Waals surface area contributed by atoms with Crippen LogP contribution in [0.5, 0.6) is 5.75 Å². The third-order valence-electron chi connectivity index (χ3n) is 4.21. The van der Waals surface area contributed by atoms with Crippen molar-refractivity contribution in [3.8, 4) is 5.75 Å². The largest absolute Gasteiger partial charge is 0.493 e. The maximum Gasteiger partial charge on any atom is 0.127 e. The molecule has 1 fully saturated rings. The number of rotatable bonds is 6. The summed E-state index contributed by atoms with van der Waals surface area (Å²) in [4.78, 5) is 2.50. The van der Waals surface area contributed by atoms with Gasteiger partial charge in [-0.15, -0.1) is 11.6 Å². The molecule has 0 N–H and O–H groups in total. The smallest absolute Gasteiger partial charge is 0.127 e. The first-order valence-electron chi connectivity index (χ1n) is 7.75. The maximum absolute atomic E-state index is 5.98. The number of benzene rings is 2. The Bertz CT molecular complexity index is 581. The highest BCUT2D eigenvalue weighted by atomic mass is 35.5. The molecule has 0 aliphatic carbocycles. The number of ether oxygens (including phenoxy) is 1. The predicted molar refractivity (Wildman–Crippen MR) is 89.3 cm³/mol. The minimum absolute atomic E-state index is 0.686. The van der Waals surface area contributed by atoms with Gasteiger partial charge in [0.2, 0.25) is 0 Å². The monoisotopic (exact) mass is 303 g/mol. The van der Waals surface area contributed by atoms with E-state index in [0.717, 1.165) is 37.7 Å². The predicted octanol–water partition coefficient (Wildman–Crippen LogP) is 4.17. The first-order chi connectivity index (χ1) is 10.4. The second-order valence-corrected chi connectivity index (χ2v) is 6.10. The Morgan fingerprint density at radius 2 is 2.00 bits per heavy atom. The number of nitrogens with zero attached hydrogens (tertiary/aromatic N) is 1. The van der Waals surface area contributed by atoms with Crippen LogP contribution < -0.4 is 4.74 Å². The Morgan fingerprint density at radius 3 is 2.86 bits per heavy atom. The molecule has 3 rings (SSSR count). The van der Waals surface area contributed by atoms with Crippen LogP contribution in [0.15, 0.2) is 42.5 Å². The minimum Gasteiger partial charge on any atom is -0.493 e. The summed E-state index contributed by atoms with van der Waals surface area (Å²) >= 11 is 5.92. The molecule has 1 aliphatic rings. The first kappa shape index (κ1) is 14.7. The molecule has 3 heteroatoms. The molecule has 0 radical (unpaired) electrons. The zero-order valence-electron chi connectivity index (χ0n) is 12.3. The number of alkyl halides is 1. The maximum atomic E-state index is 5.98. The highest BCUT2D eigenvalue weighted by molar-refractivity contribution is 6.18. The number of halogens is 1. The lowest BCUT2D eigenvalue weighted by atomic mass is 10.1. The van der Waals surface area contributed by atoms with E-state index in [1.54, 1.807) is 0 Å². The molecule has 112 valence electrons. The van der Waals surface area contributed by atoms with E-state index in [1.165, 1.54) is 23.7 Å². The van der Waals surface area contributed by atoms with E-state index in [9.17, 15) is 0 Å². The molecule has 0 saturated carbocycles. The minimum atomic E-state index is 0.686. The zero-order chi connectivity index (χ0) is 14.5. The van der Waals surface area contributed by atoms with Crippen LogP contribution in [0.2, 0.25) is 0 Å². The SMILES string of the molecule is ClCC1CCN(CCCOc2cccc3ccccc23)C1. The van der Waals surface area contributed by atoms with Crippen molar-refractivity contribution in [2.75, 3.05) is 32.1 Å². The van der Waals surface area contributed by atoms with Gasteiger partial charge in [-0.2, -0.15) is 0 Å². The molecule has 2 nitrogen and oxygen atoms in total. The summed E-state index contributed by atoms with van der Waals surface area (Å²) in [6.45, 7) is 4.22. The van der Waals surface area contributed by atoms with Gasteiger partial charge in [0.05, 0.1) is 6.61 Å². The third-order valence-corrected chi connectivity index (χ3v) is 4.65. The first-order valence-corrected chi connectivity index (χ1v) is 8.29. The molecule has 2 aromatic rings. The van der Waals surface area contributed by atoms with Crippen molar-refractivity contribution in [2.45, 2.75) is 12.8 Å². The Labute approximate surface area is 131 Å². The van der Waals surface area contributed by atoms with E-state index < -0.39 is 0 Å². The molecule has 2 aromatic carbocycles. The number of hydrogen-bond donors (Lipinski definition) is 0. The van der Waals surface area contributed by atoms with Crippen molar-refractivity contribution < 1.29 is 4.74 Å². The van der Waals surface area contributed by atoms with Gasteiger partial charge in [0, 0.05) is 24.4 Å². The lowest BCUT2D eigenvalue weighted by molar-refractivity contribution is 0.261. The van der Waals surface area contributed by atoms with Crippen LogP contribution in [-0.4, -0.2) is 37.0 Å². The zero-order valence-corrected chi connectivity index (χ0v) is 13.1. The standard InChI is InChI=1S/C18H22ClNO/c19-13-15-9-11-20(14-15)10-4-12-21-18-8-3-6-16-5-1-2-7-17(16)18/h1-3,5-8,15H,4,9-14H2. The van der Waals surface area contributed by atoms with Gasteiger partial charge in [-0.05, 0) is 36.8 Å². The van der Waals surface area contributed by atoms with Crippen molar-refractivity contribution in [3.05, 3.63) is 42.5 Å². The van der Waals surface area contributed by atoms with Crippen LogP contribution in [-0.2, 0) is 0 Å². The van der Waals surface area contributed by atoms with Gasteiger partial charge >= 0.3 is 0 Å². The van der Waals surface area contributed by atoms with Gasteiger partial charge in [0.15, 0.2) is 0 Å². The lowest BCUT2D eigenvalue weighted by Crippen LogP contribution is -2.23. The third kappa shape index (κ3) is 3.69. The molecule has 0 bridgehead atoms. The van der Waals surface area contributed by atoms with Gasteiger partial charge in [-0.3, -0.25) is 0 Å². The van der Waals surface area contributed by atoms with E-state index in [-0.39, 0.29) is 0 Å². The highest BCUT2D eigenvalue weighted by Crippen LogP contribution is 2.25. The average molecular weight is 304 g/mol. The molecule has 0 spiro atoms. The van der Waals surface area contributed by atoms with Crippen LogP contribution in [0.4, 0.5) is 0 Å². The van der Waals surface area contributed by atoms with E-state index in [1.807, 2.05) is 0 Å². The molecule has 1 unspecified atom stereocenters. The van der Waals surface area contributed by atoms with Gasteiger partial charge < -0.3 is 9.64 Å². The summed E-state index contributed by atoms with van der Waals surface area (Å²) in [7, 11) is 0. The van der Waals surface area contributed by atoms with Crippen LogP contribution in [0.1, 0.15) is 12.8 Å². The normalized spacial score (nSPS) is 19.2. The average Bonchev–Trinajstić information content (AvgIpc) is 3.00. The van der Waals surface area contributed by atoms with E-state index in [0.29, 0.717) is 5.92 Å². The molecule has 1 saturated heterocycles. The summed E-state index contributed by atoms with van der Waals surface area (Å²) < 4.78 is 5.98. The van der Waals surface area contributed by atoms with Crippen molar-refractivity contribution in [2.24, 2.45) is 5.92 Å². The molecule has 1 atom stereocenters. The van der Waals surface area contributed by atoms with Crippen molar-refractivity contribution >= 4 is 22.4 Å². The molecule has 21 heavy (non-hydrogen) atoms. The second kappa shape index (κ2) is 7.15. The number of likely N-dealkylation sites (tertiary alicyclic amines) is 1. The topological polar surface area (TPSA) is 12.5 Å². The molecule has 1 aliphatic heterocycles. The molecular formula is C18H22ClNO. The fourth-order valence-corrected chi connectivity index (χ4v) is 3.29. The second-order valence-electron chi connectivity index (χ2n) is 5.79. The van der Waals surface area contributed by atoms with Gasteiger partial charge in [0.25, 0.3) is 0 Å². The fourth-order valence-electron chi connectivity index (χ4n) is 3.03. The Morgan fingerprint density at radius 1 is 1.14 bits per heavy atom. The summed E-state index contributed by atoms with van der Waals surface area (Å²) in [5.41, 5.74) is 0. The number of fused-ring (bicyclic) bond motifs is 1. The Balaban J connectivity index is 1.49. The van der Waals surface area contributed by atoms with E-state index in [4.69, 9.17) is 16.3 Å². The lowest BCUT2D eigenvalue weighted by Gasteiger charge is -2.16. The van der Waals surface area contributed by atoms with Crippen molar-refractivity contribution in [3.63, 3.8) is 0 Å². The van der Waals surface area contributed by atoms with Crippen molar-refractivity contribution in [1.29, 1.82) is 0 Å². The summed E-state index contributed by atoms with van der Waals surface area (Å²) in [5, 5.41) is 2.43. The van der Waals surface area contributed by atoms with Crippen LogP contribution in [0.3, 0.4) is 0 Å². The molecular weight excluding hydrogens is 282 g/mol. The van der Waals surface area contributed by atoms with Crippen LogP contribution in [0.25, 0.3) is 10.8 Å². The summed E-state index contributed by atoms with van der Waals surface area (Å²) in [5.74, 6) is 2.47. The highest BCUT2D eigenvalue weighted by Gasteiger charge is 2.20. The van der Waals surface area contributed by atoms with E-state index in [2.05, 4.69) is 47.4 Å². The molecule has 1 heterocycles. The number of hydrogen-bond acceptors (Lipinski definition) is 2. The van der Waals surface area contributed by atoms with E-state index >= 15 is 0 Å². The van der Waals surface area contributed by atoms with Crippen molar-refractivity contribution in [1.82, 2.24) is 4.90 Å². The fraction of sp³-hybridized carbons (Fsp3) is 0.444. The molecule has 0 aromatic heterocycles. The quantitative estimate of drug-likeness (QED) is 0.586. The molecule has 0 amide bonds. The Kier molecular flexibility index (Phi) is 5.00. The van der Waals surface area contributed by atoms with Gasteiger partial charge in [-0.1, -0.05) is 36.4 Å². The van der Waals surface area contributed by atoms with Gasteiger partial charge in [0.1, 0.15) is 5.75 Å². The van der Waals surface area contributed by atoms with Crippen LogP contribution in [0, 0.1) is 5.92 Å².